The van der Waals surface area contributed by atoms with Crippen LogP contribution in [0.5, 0.6) is 0 Å². The maximum atomic E-state index is 12.8. The van der Waals surface area contributed by atoms with Gasteiger partial charge in [-0.25, -0.2) is 8.42 Å². The van der Waals surface area contributed by atoms with Crippen LogP contribution in [-0.2, 0) is 26.1 Å². The number of ether oxygens (including phenoxy) is 1. The molecule has 2 amide bonds. The number of hydrogen-bond acceptors (Lipinski definition) is 5. The molecular formula is C23H35N3O5S. The van der Waals surface area contributed by atoms with Crippen molar-refractivity contribution in [3.05, 3.63) is 35.4 Å². The quantitative estimate of drug-likeness (QED) is 0.666. The molecule has 0 bridgehead atoms. The number of carbonyl (C=O) groups excluding carboxylic acids is 2. The average molecular weight is 466 g/mol. The van der Waals surface area contributed by atoms with Crippen molar-refractivity contribution >= 4 is 21.8 Å². The maximum Gasteiger partial charge on any atom is 0.254 e. The van der Waals surface area contributed by atoms with Crippen LogP contribution in [0.3, 0.4) is 0 Å². The zero-order valence-electron chi connectivity index (χ0n) is 19.2. The Morgan fingerprint density at radius 3 is 2.38 bits per heavy atom. The number of piperidine rings is 1. The first-order chi connectivity index (χ1) is 15.2. The van der Waals surface area contributed by atoms with Crippen LogP contribution in [0, 0.1) is 0 Å². The largest absolute Gasteiger partial charge is 0.372 e. The highest BCUT2D eigenvalue weighted by Gasteiger charge is 2.36. The van der Waals surface area contributed by atoms with E-state index in [4.69, 9.17) is 4.74 Å². The molecule has 9 heteroatoms. The minimum Gasteiger partial charge on any atom is -0.372 e. The second kappa shape index (κ2) is 10.8. The minimum atomic E-state index is -3.42. The number of benzene rings is 1. The summed E-state index contributed by atoms with van der Waals surface area (Å²) in [5.74, 6) is -0.227. The molecule has 0 aromatic heterocycles. The van der Waals surface area contributed by atoms with E-state index in [0.29, 0.717) is 38.0 Å². The van der Waals surface area contributed by atoms with E-state index >= 15 is 0 Å². The smallest absolute Gasteiger partial charge is 0.254 e. The molecule has 3 unspecified atom stereocenters. The summed E-state index contributed by atoms with van der Waals surface area (Å²) >= 11 is 0. The highest BCUT2D eigenvalue weighted by Crippen LogP contribution is 2.22. The molecule has 2 aliphatic rings. The van der Waals surface area contributed by atoms with Gasteiger partial charge in [-0.2, -0.15) is 4.31 Å². The maximum absolute atomic E-state index is 12.8. The SMILES string of the molecule is CCCS(=O)(=O)N1CCCCC1C(=O)NCc1ccc(C(=O)N2CC(C)OC(C)C2)cc1. The highest BCUT2D eigenvalue weighted by molar-refractivity contribution is 7.89. The van der Waals surface area contributed by atoms with E-state index in [-0.39, 0.29) is 36.3 Å². The van der Waals surface area contributed by atoms with Crippen LogP contribution in [0.4, 0.5) is 0 Å². The van der Waals surface area contributed by atoms with Crippen molar-refractivity contribution < 1.29 is 22.7 Å². The van der Waals surface area contributed by atoms with E-state index < -0.39 is 16.1 Å². The molecular weight excluding hydrogens is 430 g/mol. The molecule has 32 heavy (non-hydrogen) atoms. The molecule has 3 atom stereocenters. The number of carbonyl (C=O) groups is 2. The Balaban J connectivity index is 1.58. The van der Waals surface area contributed by atoms with Gasteiger partial charge in [0.05, 0.1) is 18.0 Å². The average Bonchev–Trinajstić information content (AvgIpc) is 2.76. The Kier molecular flexibility index (Phi) is 8.30. The fraction of sp³-hybridized carbons (Fsp3) is 0.652. The van der Waals surface area contributed by atoms with Gasteiger partial charge in [-0.1, -0.05) is 25.5 Å². The second-order valence-corrected chi connectivity index (χ2v) is 10.9. The van der Waals surface area contributed by atoms with Crippen LogP contribution >= 0.6 is 0 Å². The minimum absolute atomic E-state index is 0.0117. The molecule has 1 aromatic carbocycles. The Bertz CT molecular complexity index is 893. The zero-order chi connectivity index (χ0) is 23.3. The van der Waals surface area contributed by atoms with Crippen molar-refractivity contribution in [2.45, 2.75) is 71.2 Å². The lowest BCUT2D eigenvalue weighted by molar-refractivity contribution is -0.125. The third-order valence-corrected chi connectivity index (χ3v) is 8.03. The number of morpholine rings is 1. The van der Waals surface area contributed by atoms with Gasteiger partial charge in [-0.15, -0.1) is 0 Å². The third kappa shape index (κ3) is 6.08. The van der Waals surface area contributed by atoms with Crippen molar-refractivity contribution in [3.63, 3.8) is 0 Å². The summed E-state index contributed by atoms with van der Waals surface area (Å²) in [4.78, 5) is 27.4. The third-order valence-electron chi connectivity index (χ3n) is 5.95. The van der Waals surface area contributed by atoms with Gasteiger partial charge in [0.2, 0.25) is 15.9 Å². The summed E-state index contributed by atoms with van der Waals surface area (Å²) in [6.45, 7) is 7.57. The predicted octanol–water partition coefficient (Wildman–Crippen LogP) is 2.15. The number of nitrogens with zero attached hydrogens (tertiary/aromatic N) is 2. The molecule has 0 aliphatic carbocycles. The van der Waals surface area contributed by atoms with Crippen molar-refractivity contribution in [3.8, 4) is 0 Å². The molecule has 2 saturated heterocycles. The van der Waals surface area contributed by atoms with Crippen molar-refractivity contribution in [2.24, 2.45) is 0 Å². The van der Waals surface area contributed by atoms with Crippen LogP contribution in [0.15, 0.2) is 24.3 Å². The van der Waals surface area contributed by atoms with Gasteiger partial charge in [0.25, 0.3) is 5.91 Å². The van der Waals surface area contributed by atoms with E-state index in [1.54, 1.807) is 12.1 Å². The number of amides is 2. The van der Waals surface area contributed by atoms with E-state index in [9.17, 15) is 18.0 Å². The summed E-state index contributed by atoms with van der Waals surface area (Å²) in [6.07, 6.45) is 2.71. The van der Waals surface area contributed by atoms with E-state index in [1.807, 2.05) is 37.8 Å². The number of sulfonamides is 1. The second-order valence-electron chi connectivity index (χ2n) is 8.82. The lowest BCUT2D eigenvalue weighted by Crippen LogP contribution is -2.52. The topological polar surface area (TPSA) is 96.0 Å². The fourth-order valence-electron chi connectivity index (χ4n) is 4.47. The molecule has 0 saturated carbocycles. The van der Waals surface area contributed by atoms with Gasteiger partial charge in [0, 0.05) is 31.7 Å². The molecule has 1 aromatic rings. The van der Waals surface area contributed by atoms with Gasteiger partial charge in [0.15, 0.2) is 0 Å². The molecule has 8 nitrogen and oxygen atoms in total. The van der Waals surface area contributed by atoms with E-state index in [1.165, 1.54) is 4.31 Å². The molecule has 1 N–H and O–H groups in total. The zero-order valence-corrected chi connectivity index (χ0v) is 20.1. The van der Waals surface area contributed by atoms with E-state index in [2.05, 4.69) is 5.32 Å². The molecule has 3 rings (SSSR count). The van der Waals surface area contributed by atoms with Crippen LogP contribution in [-0.4, -0.2) is 73.1 Å². The highest BCUT2D eigenvalue weighted by atomic mass is 32.2. The van der Waals surface area contributed by atoms with Gasteiger partial charge >= 0.3 is 0 Å². The number of nitrogens with one attached hydrogen (secondary N) is 1. The summed E-state index contributed by atoms with van der Waals surface area (Å²) in [6, 6.07) is 6.55. The first-order valence-electron chi connectivity index (χ1n) is 11.5. The normalized spacial score (nSPS) is 24.8. The van der Waals surface area contributed by atoms with Crippen LogP contribution in [0.2, 0.25) is 0 Å². The lowest BCUT2D eigenvalue weighted by Gasteiger charge is -2.35. The molecule has 0 spiro atoms. The Morgan fingerprint density at radius 2 is 1.75 bits per heavy atom. The lowest BCUT2D eigenvalue weighted by atomic mass is 10.0. The van der Waals surface area contributed by atoms with Gasteiger partial charge in [-0.3, -0.25) is 9.59 Å². The Morgan fingerprint density at radius 1 is 1.09 bits per heavy atom. The monoisotopic (exact) mass is 465 g/mol. The van der Waals surface area contributed by atoms with Crippen LogP contribution < -0.4 is 5.32 Å². The van der Waals surface area contributed by atoms with Crippen molar-refractivity contribution in [1.29, 1.82) is 0 Å². The molecule has 2 heterocycles. The molecule has 2 fully saturated rings. The number of rotatable bonds is 7. The van der Waals surface area contributed by atoms with Crippen molar-refractivity contribution in [1.82, 2.24) is 14.5 Å². The van der Waals surface area contributed by atoms with Crippen molar-refractivity contribution in [2.75, 3.05) is 25.4 Å². The Labute approximate surface area is 191 Å². The summed E-state index contributed by atoms with van der Waals surface area (Å²) < 4.78 is 32.2. The summed E-state index contributed by atoms with van der Waals surface area (Å²) in [7, 11) is -3.42. The van der Waals surface area contributed by atoms with E-state index in [0.717, 1.165) is 18.4 Å². The first kappa shape index (κ1) is 24.7. The number of hydrogen-bond donors (Lipinski definition) is 1. The van der Waals surface area contributed by atoms with Gasteiger partial charge < -0.3 is 15.0 Å². The summed E-state index contributed by atoms with van der Waals surface area (Å²) in [5.41, 5.74) is 1.46. The standard InChI is InChI=1S/C23H35N3O5S/c1-4-13-32(29,30)26-12-6-5-7-21(26)22(27)24-14-19-8-10-20(11-9-19)23(28)25-15-17(2)31-18(3)16-25/h8-11,17-18,21H,4-7,12-16H2,1-3H3,(H,24,27). The molecule has 0 radical (unpaired) electrons. The summed E-state index contributed by atoms with van der Waals surface area (Å²) in [5, 5.41) is 2.88. The molecule has 178 valence electrons. The van der Waals surface area contributed by atoms with Gasteiger partial charge in [-0.05, 0) is 50.8 Å². The van der Waals surface area contributed by atoms with Crippen LogP contribution in [0.25, 0.3) is 0 Å². The predicted molar refractivity (Wildman–Crippen MR) is 123 cm³/mol. The van der Waals surface area contributed by atoms with Gasteiger partial charge in [0.1, 0.15) is 6.04 Å². The fourth-order valence-corrected chi connectivity index (χ4v) is 6.22. The van der Waals surface area contributed by atoms with Crippen LogP contribution in [0.1, 0.15) is 62.4 Å². The molecule has 2 aliphatic heterocycles. The Hall–Kier alpha value is -1.97. The first-order valence-corrected chi connectivity index (χ1v) is 13.1.